The van der Waals surface area contributed by atoms with Crippen molar-refractivity contribution in [3.63, 3.8) is 0 Å². The van der Waals surface area contributed by atoms with Gasteiger partial charge < -0.3 is 5.11 Å². The summed E-state index contributed by atoms with van der Waals surface area (Å²) in [4.78, 5) is 0. The second-order valence-electron chi connectivity index (χ2n) is 4.54. The van der Waals surface area contributed by atoms with Gasteiger partial charge in [-0.25, -0.2) is 0 Å². The zero-order chi connectivity index (χ0) is 8.72. The summed E-state index contributed by atoms with van der Waals surface area (Å²) in [6, 6.07) is 0. The van der Waals surface area contributed by atoms with Crippen molar-refractivity contribution in [3.05, 3.63) is 0 Å². The first-order valence-corrected chi connectivity index (χ1v) is 5.47. The van der Waals surface area contributed by atoms with Gasteiger partial charge in [-0.15, -0.1) is 0 Å². The summed E-state index contributed by atoms with van der Waals surface area (Å²) in [5.74, 6) is 2.99. The highest BCUT2D eigenvalue weighted by Gasteiger charge is 2.51. The summed E-state index contributed by atoms with van der Waals surface area (Å²) < 4.78 is 0. The van der Waals surface area contributed by atoms with Crippen LogP contribution in [0.4, 0.5) is 0 Å². The molecule has 12 heavy (non-hydrogen) atoms. The highest BCUT2D eigenvalue weighted by atomic mass is 16.3. The fourth-order valence-electron chi connectivity index (χ4n) is 3.82. The molecular weight excluding hydrogens is 148 g/mol. The van der Waals surface area contributed by atoms with Crippen LogP contribution in [0.2, 0.25) is 0 Å². The Morgan fingerprint density at radius 1 is 1.00 bits per heavy atom. The molecule has 0 spiro atoms. The lowest BCUT2D eigenvalue weighted by molar-refractivity contribution is 0.117. The molecule has 1 N–H and O–H groups in total. The zero-order valence-electron chi connectivity index (χ0n) is 8.16. The molecule has 1 unspecified atom stereocenters. The van der Waals surface area contributed by atoms with Crippen molar-refractivity contribution in [1.29, 1.82) is 0 Å². The molecule has 70 valence electrons. The van der Waals surface area contributed by atoms with Gasteiger partial charge in [0.25, 0.3) is 0 Å². The van der Waals surface area contributed by atoms with E-state index in [-0.39, 0.29) is 6.10 Å². The van der Waals surface area contributed by atoms with Gasteiger partial charge in [0.15, 0.2) is 0 Å². The van der Waals surface area contributed by atoms with Crippen LogP contribution in [0, 0.1) is 23.7 Å². The Morgan fingerprint density at radius 2 is 1.42 bits per heavy atom. The van der Waals surface area contributed by atoms with Crippen LogP contribution in [0.25, 0.3) is 0 Å². The molecule has 0 aromatic heterocycles. The first kappa shape index (κ1) is 8.55. The lowest BCUT2D eigenvalue weighted by atomic mass is 9.77. The van der Waals surface area contributed by atoms with Crippen molar-refractivity contribution in [1.82, 2.24) is 0 Å². The van der Waals surface area contributed by atoms with Crippen LogP contribution in [-0.2, 0) is 0 Å². The molecule has 0 amide bonds. The SMILES string of the molecule is CC[C@@H]1[C@H](CC)[C@@H]2CC[C@H]1C2O. The smallest absolute Gasteiger partial charge is 0.0602 e. The van der Waals surface area contributed by atoms with E-state index in [2.05, 4.69) is 13.8 Å². The summed E-state index contributed by atoms with van der Waals surface area (Å²) in [6.07, 6.45) is 5.19. The Hall–Kier alpha value is -0.0400. The van der Waals surface area contributed by atoms with E-state index in [1.807, 2.05) is 0 Å². The van der Waals surface area contributed by atoms with Gasteiger partial charge in [0.1, 0.15) is 0 Å². The highest BCUT2D eigenvalue weighted by molar-refractivity contribution is 5.01. The lowest BCUT2D eigenvalue weighted by Crippen LogP contribution is -2.20. The monoisotopic (exact) mass is 168 g/mol. The maximum Gasteiger partial charge on any atom is 0.0602 e. The van der Waals surface area contributed by atoms with Gasteiger partial charge in [0.2, 0.25) is 0 Å². The molecule has 0 aromatic rings. The van der Waals surface area contributed by atoms with Gasteiger partial charge >= 0.3 is 0 Å². The molecule has 2 aliphatic rings. The lowest BCUT2D eigenvalue weighted by Gasteiger charge is -2.28. The largest absolute Gasteiger partial charge is 0.393 e. The van der Waals surface area contributed by atoms with Gasteiger partial charge in [-0.05, 0) is 36.5 Å². The van der Waals surface area contributed by atoms with E-state index in [1.54, 1.807) is 0 Å². The molecule has 0 radical (unpaired) electrons. The third-order valence-corrected chi connectivity index (χ3v) is 4.30. The Kier molecular flexibility index (Phi) is 2.16. The Bertz CT molecular complexity index is 148. The molecule has 2 aliphatic carbocycles. The minimum absolute atomic E-state index is 0.0555. The summed E-state index contributed by atoms with van der Waals surface area (Å²) in [6.45, 7) is 4.56. The molecule has 5 atom stereocenters. The molecule has 2 fully saturated rings. The van der Waals surface area contributed by atoms with E-state index in [9.17, 15) is 5.11 Å². The molecule has 0 aliphatic heterocycles. The van der Waals surface area contributed by atoms with Gasteiger partial charge in [-0.2, -0.15) is 0 Å². The number of hydrogen-bond donors (Lipinski definition) is 1. The molecule has 0 saturated heterocycles. The number of aliphatic hydroxyl groups is 1. The zero-order valence-corrected chi connectivity index (χ0v) is 8.16. The van der Waals surface area contributed by atoms with Gasteiger partial charge in [0.05, 0.1) is 6.10 Å². The first-order valence-electron chi connectivity index (χ1n) is 5.47. The molecule has 2 saturated carbocycles. The van der Waals surface area contributed by atoms with Crippen LogP contribution in [-0.4, -0.2) is 11.2 Å². The number of aliphatic hydroxyl groups excluding tert-OH is 1. The van der Waals surface area contributed by atoms with Crippen molar-refractivity contribution in [2.75, 3.05) is 0 Å². The van der Waals surface area contributed by atoms with Crippen LogP contribution in [0.3, 0.4) is 0 Å². The highest BCUT2D eigenvalue weighted by Crippen LogP contribution is 2.54. The maximum atomic E-state index is 9.93. The topological polar surface area (TPSA) is 20.2 Å². The Balaban J connectivity index is 2.15. The van der Waals surface area contributed by atoms with E-state index in [4.69, 9.17) is 0 Å². The average Bonchev–Trinajstić information content (AvgIpc) is 2.58. The minimum Gasteiger partial charge on any atom is -0.393 e. The Labute approximate surface area is 75.2 Å². The van der Waals surface area contributed by atoms with Crippen molar-refractivity contribution >= 4 is 0 Å². The minimum atomic E-state index is 0.0555. The normalized spacial score (nSPS) is 51.8. The number of hydrogen-bond acceptors (Lipinski definition) is 1. The van der Waals surface area contributed by atoms with Crippen LogP contribution >= 0.6 is 0 Å². The summed E-state index contributed by atoms with van der Waals surface area (Å²) in [5, 5.41) is 9.93. The third-order valence-electron chi connectivity index (χ3n) is 4.30. The molecule has 0 heterocycles. The average molecular weight is 168 g/mol. The van der Waals surface area contributed by atoms with Crippen LogP contribution < -0.4 is 0 Å². The third kappa shape index (κ3) is 0.953. The molecule has 2 rings (SSSR count). The first-order chi connectivity index (χ1) is 5.79. The molecule has 1 heteroatoms. The molecular formula is C11H20O. The fourth-order valence-corrected chi connectivity index (χ4v) is 3.82. The van der Waals surface area contributed by atoms with E-state index in [0.29, 0.717) is 11.8 Å². The van der Waals surface area contributed by atoms with E-state index in [1.165, 1.54) is 25.7 Å². The van der Waals surface area contributed by atoms with Crippen molar-refractivity contribution in [2.45, 2.75) is 45.6 Å². The number of rotatable bonds is 2. The fraction of sp³-hybridized carbons (Fsp3) is 1.00. The predicted octanol–water partition coefficient (Wildman–Crippen LogP) is 2.44. The summed E-state index contributed by atoms with van der Waals surface area (Å²) in [7, 11) is 0. The molecule has 1 nitrogen and oxygen atoms in total. The summed E-state index contributed by atoms with van der Waals surface area (Å²) >= 11 is 0. The number of fused-ring (bicyclic) bond motifs is 2. The molecule has 2 bridgehead atoms. The van der Waals surface area contributed by atoms with Crippen molar-refractivity contribution < 1.29 is 5.11 Å². The van der Waals surface area contributed by atoms with E-state index in [0.717, 1.165) is 11.8 Å². The Morgan fingerprint density at radius 3 is 1.75 bits per heavy atom. The molecule has 0 aromatic carbocycles. The standard InChI is InChI=1S/C11H20O/c1-3-7-8(4-2)10-6-5-9(7)11(10)12/h7-12H,3-6H2,1-2H3/t7-,8+,9-,10+,11?. The second kappa shape index (κ2) is 3.02. The summed E-state index contributed by atoms with van der Waals surface area (Å²) in [5.41, 5.74) is 0. The van der Waals surface area contributed by atoms with Crippen LogP contribution in [0.1, 0.15) is 39.5 Å². The van der Waals surface area contributed by atoms with Crippen LogP contribution in [0.5, 0.6) is 0 Å². The van der Waals surface area contributed by atoms with Gasteiger partial charge in [0, 0.05) is 0 Å². The van der Waals surface area contributed by atoms with Crippen molar-refractivity contribution in [2.24, 2.45) is 23.7 Å². The van der Waals surface area contributed by atoms with Gasteiger partial charge in [-0.1, -0.05) is 26.7 Å². The maximum absolute atomic E-state index is 9.93. The quantitative estimate of drug-likeness (QED) is 0.671. The van der Waals surface area contributed by atoms with Crippen molar-refractivity contribution in [3.8, 4) is 0 Å². The second-order valence-corrected chi connectivity index (χ2v) is 4.54. The van der Waals surface area contributed by atoms with Gasteiger partial charge in [-0.3, -0.25) is 0 Å². The van der Waals surface area contributed by atoms with E-state index < -0.39 is 0 Å². The predicted molar refractivity (Wildman–Crippen MR) is 49.8 cm³/mol. The van der Waals surface area contributed by atoms with E-state index >= 15 is 0 Å². The van der Waals surface area contributed by atoms with Crippen LogP contribution in [0.15, 0.2) is 0 Å².